The lowest BCUT2D eigenvalue weighted by atomic mass is 10.1. The van der Waals surface area contributed by atoms with Gasteiger partial charge in [-0.1, -0.05) is 0 Å². The highest BCUT2D eigenvalue weighted by molar-refractivity contribution is 5.92. The van der Waals surface area contributed by atoms with Crippen LogP contribution in [0.25, 0.3) is 6.08 Å². The summed E-state index contributed by atoms with van der Waals surface area (Å²) in [5, 5.41) is 13.8. The number of carbonyl (C=O) groups is 1. The van der Waals surface area contributed by atoms with E-state index in [4.69, 9.17) is 14.2 Å². The molecule has 1 aromatic rings. The van der Waals surface area contributed by atoms with Crippen molar-refractivity contribution in [2.45, 2.75) is 25.6 Å². The standard InChI is InChI=1S/C16H18N2O6/c19-15(17-8-14-2-1-5-23-14)4-3-11-6-13(18(20)21)7-12-9-22-10-24-16(11)12/h3-4,6-7,14H,1-2,5,8-10H2,(H,17,19)/b4-3+/t14-/m0/s1. The van der Waals surface area contributed by atoms with Gasteiger partial charge in [-0.2, -0.15) is 0 Å². The fourth-order valence-electron chi connectivity index (χ4n) is 2.70. The largest absolute Gasteiger partial charge is 0.467 e. The van der Waals surface area contributed by atoms with Crippen LogP contribution in [-0.4, -0.2) is 36.9 Å². The van der Waals surface area contributed by atoms with E-state index in [-0.39, 0.29) is 31.1 Å². The van der Waals surface area contributed by atoms with Gasteiger partial charge in [-0.3, -0.25) is 14.9 Å². The van der Waals surface area contributed by atoms with Crippen molar-refractivity contribution in [3.05, 3.63) is 39.4 Å². The average molecular weight is 334 g/mol. The number of nitro groups is 1. The minimum Gasteiger partial charge on any atom is -0.467 e. The molecule has 24 heavy (non-hydrogen) atoms. The highest BCUT2D eigenvalue weighted by Crippen LogP contribution is 2.33. The summed E-state index contributed by atoms with van der Waals surface area (Å²) >= 11 is 0. The Bertz CT molecular complexity index is 667. The molecule has 0 unspecified atom stereocenters. The first-order valence-electron chi connectivity index (χ1n) is 7.73. The maximum absolute atomic E-state index is 11.9. The number of hydrogen-bond acceptors (Lipinski definition) is 6. The predicted octanol–water partition coefficient (Wildman–Crippen LogP) is 1.77. The molecule has 0 aliphatic carbocycles. The number of hydrogen-bond donors (Lipinski definition) is 1. The number of fused-ring (bicyclic) bond motifs is 1. The lowest BCUT2D eigenvalue weighted by molar-refractivity contribution is -0.385. The van der Waals surface area contributed by atoms with Gasteiger partial charge in [0.1, 0.15) is 5.75 Å². The molecule has 1 N–H and O–H groups in total. The number of amides is 1. The van der Waals surface area contributed by atoms with Crippen LogP contribution >= 0.6 is 0 Å². The Morgan fingerprint density at radius 2 is 2.33 bits per heavy atom. The smallest absolute Gasteiger partial charge is 0.270 e. The highest BCUT2D eigenvalue weighted by Gasteiger charge is 2.20. The SMILES string of the molecule is O=C(/C=C/c1cc([N+](=O)[O-])cc2c1OCOC2)NC[C@@H]1CCCO1. The average Bonchev–Trinajstić information content (AvgIpc) is 3.11. The lowest BCUT2D eigenvalue weighted by Gasteiger charge is -2.19. The Kier molecular flexibility index (Phi) is 5.07. The zero-order valence-corrected chi connectivity index (χ0v) is 13.0. The zero-order chi connectivity index (χ0) is 16.9. The second kappa shape index (κ2) is 7.41. The van der Waals surface area contributed by atoms with Crippen LogP contribution in [0.3, 0.4) is 0 Å². The van der Waals surface area contributed by atoms with Gasteiger partial charge in [-0.05, 0) is 18.9 Å². The van der Waals surface area contributed by atoms with Gasteiger partial charge in [-0.25, -0.2) is 0 Å². The topological polar surface area (TPSA) is 99.9 Å². The van der Waals surface area contributed by atoms with Crippen molar-refractivity contribution in [2.75, 3.05) is 19.9 Å². The highest BCUT2D eigenvalue weighted by atomic mass is 16.7. The zero-order valence-electron chi connectivity index (χ0n) is 13.0. The van der Waals surface area contributed by atoms with Crippen LogP contribution in [0.2, 0.25) is 0 Å². The molecule has 0 spiro atoms. The minimum absolute atomic E-state index is 0.0633. The molecule has 0 radical (unpaired) electrons. The number of carbonyl (C=O) groups excluding carboxylic acids is 1. The second-order valence-corrected chi connectivity index (χ2v) is 5.60. The molecular weight excluding hydrogens is 316 g/mol. The Morgan fingerprint density at radius 1 is 1.46 bits per heavy atom. The third kappa shape index (κ3) is 3.90. The van der Waals surface area contributed by atoms with Crippen molar-refractivity contribution in [1.29, 1.82) is 0 Å². The summed E-state index contributed by atoms with van der Waals surface area (Å²) in [6.45, 7) is 1.51. The van der Waals surface area contributed by atoms with E-state index >= 15 is 0 Å². The fourth-order valence-corrected chi connectivity index (χ4v) is 2.70. The molecule has 1 saturated heterocycles. The van der Waals surface area contributed by atoms with E-state index in [2.05, 4.69) is 5.32 Å². The Labute approximate surface area is 138 Å². The van der Waals surface area contributed by atoms with Gasteiger partial charge >= 0.3 is 0 Å². The van der Waals surface area contributed by atoms with Gasteiger partial charge in [-0.15, -0.1) is 0 Å². The molecule has 0 aromatic heterocycles. The van der Waals surface area contributed by atoms with E-state index in [0.717, 1.165) is 19.4 Å². The summed E-state index contributed by atoms with van der Waals surface area (Å²) in [5.41, 5.74) is 1.01. The third-order valence-electron chi connectivity index (χ3n) is 3.88. The van der Waals surface area contributed by atoms with Gasteiger partial charge in [0.15, 0.2) is 6.79 Å². The Hall–Kier alpha value is -2.45. The summed E-state index contributed by atoms with van der Waals surface area (Å²) in [4.78, 5) is 22.5. The van der Waals surface area contributed by atoms with Crippen molar-refractivity contribution in [1.82, 2.24) is 5.32 Å². The van der Waals surface area contributed by atoms with Gasteiger partial charge in [0.25, 0.3) is 5.69 Å². The molecule has 2 heterocycles. The number of ether oxygens (including phenoxy) is 3. The molecule has 8 heteroatoms. The molecule has 2 aliphatic heterocycles. The first-order valence-corrected chi connectivity index (χ1v) is 7.73. The Morgan fingerprint density at radius 3 is 3.08 bits per heavy atom. The van der Waals surface area contributed by atoms with Gasteiger partial charge < -0.3 is 19.5 Å². The Balaban J connectivity index is 1.71. The normalized spacial score (nSPS) is 19.8. The number of nitro benzene ring substituents is 1. The molecular formula is C16H18N2O6. The molecule has 0 bridgehead atoms. The number of nitrogens with one attached hydrogen (secondary N) is 1. The molecule has 0 saturated carbocycles. The molecule has 2 aliphatic rings. The van der Waals surface area contributed by atoms with E-state index in [0.29, 0.717) is 23.4 Å². The fraction of sp³-hybridized carbons (Fsp3) is 0.438. The number of benzene rings is 1. The second-order valence-electron chi connectivity index (χ2n) is 5.60. The van der Waals surface area contributed by atoms with E-state index in [1.165, 1.54) is 24.3 Å². The summed E-state index contributed by atoms with van der Waals surface area (Å²) in [5.74, 6) is 0.229. The summed E-state index contributed by atoms with van der Waals surface area (Å²) in [7, 11) is 0. The molecule has 1 atom stereocenters. The van der Waals surface area contributed by atoms with Crippen molar-refractivity contribution in [2.24, 2.45) is 0 Å². The maximum Gasteiger partial charge on any atom is 0.270 e. The summed E-state index contributed by atoms with van der Waals surface area (Å²) in [6.07, 6.45) is 4.87. The molecule has 1 aromatic carbocycles. The number of non-ortho nitro benzene ring substituents is 1. The molecule has 8 nitrogen and oxygen atoms in total. The van der Waals surface area contributed by atoms with Crippen LogP contribution < -0.4 is 10.1 Å². The number of rotatable bonds is 5. The maximum atomic E-state index is 11.9. The van der Waals surface area contributed by atoms with Crippen LogP contribution in [-0.2, 0) is 20.9 Å². The van der Waals surface area contributed by atoms with E-state index < -0.39 is 4.92 Å². The van der Waals surface area contributed by atoms with E-state index in [9.17, 15) is 14.9 Å². The third-order valence-corrected chi connectivity index (χ3v) is 3.88. The quantitative estimate of drug-likeness (QED) is 0.500. The first kappa shape index (κ1) is 16.4. The van der Waals surface area contributed by atoms with Gasteiger partial charge in [0.05, 0.1) is 17.6 Å². The lowest BCUT2D eigenvalue weighted by Crippen LogP contribution is -2.30. The van der Waals surface area contributed by atoms with Gasteiger partial charge in [0.2, 0.25) is 5.91 Å². The van der Waals surface area contributed by atoms with Gasteiger partial charge in [0, 0.05) is 42.5 Å². The molecule has 1 fully saturated rings. The molecule has 3 rings (SSSR count). The van der Waals surface area contributed by atoms with Crippen molar-refractivity contribution in [3.8, 4) is 5.75 Å². The summed E-state index contributed by atoms with van der Waals surface area (Å²) < 4.78 is 16.0. The van der Waals surface area contributed by atoms with E-state index in [1.54, 1.807) is 0 Å². The van der Waals surface area contributed by atoms with Crippen LogP contribution in [0.4, 0.5) is 5.69 Å². The van der Waals surface area contributed by atoms with Crippen LogP contribution in [0.1, 0.15) is 24.0 Å². The van der Waals surface area contributed by atoms with Crippen LogP contribution in [0.5, 0.6) is 5.75 Å². The van der Waals surface area contributed by atoms with Crippen LogP contribution in [0.15, 0.2) is 18.2 Å². The monoisotopic (exact) mass is 334 g/mol. The molecule has 128 valence electrons. The molecule has 1 amide bonds. The van der Waals surface area contributed by atoms with E-state index in [1.807, 2.05) is 0 Å². The number of nitrogens with zero attached hydrogens (tertiary/aromatic N) is 1. The van der Waals surface area contributed by atoms with Crippen molar-refractivity contribution < 1.29 is 23.9 Å². The van der Waals surface area contributed by atoms with Crippen LogP contribution in [0, 0.1) is 10.1 Å². The summed E-state index contributed by atoms with van der Waals surface area (Å²) in [6, 6.07) is 2.80. The predicted molar refractivity (Wildman–Crippen MR) is 84.4 cm³/mol. The first-order chi connectivity index (χ1) is 11.6. The van der Waals surface area contributed by atoms with Crippen molar-refractivity contribution in [3.63, 3.8) is 0 Å². The minimum atomic E-state index is -0.482. The van der Waals surface area contributed by atoms with Crippen molar-refractivity contribution >= 4 is 17.7 Å².